The van der Waals surface area contributed by atoms with Crippen molar-refractivity contribution in [2.75, 3.05) is 7.05 Å². The topological polar surface area (TPSA) is 60.9 Å². The van der Waals surface area contributed by atoms with Gasteiger partial charge in [-0.25, -0.2) is 0 Å². The number of fused-ring (bicyclic) bond motifs is 1. The number of hydrogen-bond donors (Lipinski definition) is 1. The highest BCUT2D eigenvalue weighted by Crippen LogP contribution is 2.35. The molecule has 1 fully saturated rings. The van der Waals surface area contributed by atoms with Crippen LogP contribution < -0.4 is 0 Å². The molecule has 2 atom stereocenters. The van der Waals surface area contributed by atoms with Crippen molar-refractivity contribution in [1.82, 2.24) is 9.80 Å². The van der Waals surface area contributed by atoms with Crippen molar-refractivity contribution in [3.63, 3.8) is 0 Å². The average molecular weight is 260 g/mol. The van der Waals surface area contributed by atoms with Crippen LogP contribution in [0, 0.1) is 0 Å². The number of benzene rings is 1. The number of rotatable bonds is 1. The Balaban J connectivity index is 1.86. The Morgan fingerprint density at radius 3 is 2.74 bits per heavy atom. The quantitative estimate of drug-likeness (QED) is 0.753. The van der Waals surface area contributed by atoms with E-state index in [1.807, 2.05) is 24.3 Å². The summed E-state index contributed by atoms with van der Waals surface area (Å²) in [6.45, 7) is 0.551. The summed E-state index contributed by atoms with van der Waals surface area (Å²) in [6.07, 6.45) is 0.0752. The van der Waals surface area contributed by atoms with Crippen molar-refractivity contribution in [2.24, 2.45) is 0 Å². The summed E-state index contributed by atoms with van der Waals surface area (Å²) < 4.78 is 0. The predicted molar refractivity (Wildman–Crippen MR) is 67.7 cm³/mol. The normalized spacial score (nSPS) is 27.8. The molecular formula is C14H16N2O3. The van der Waals surface area contributed by atoms with Crippen LogP contribution in [0.1, 0.15) is 30.2 Å². The van der Waals surface area contributed by atoms with E-state index in [0.717, 1.165) is 11.1 Å². The van der Waals surface area contributed by atoms with E-state index in [1.54, 1.807) is 4.90 Å². The molecule has 0 bridgehead atoms. The highest BCUT2D eigenvalue weighted by atomic mass is 16.3. The maximum atomic E-state index is 12.2. The first-order chi connectivity index (χ1) is 9.09. The standard InChI is InChI=1S/C14H16N2O3/c1-15-12(17)7-6-11(14(15)19)16-8-9-4-2-3-5-10(9)13(16)18/h2-5,11,13,18H,6-8H2,1H3. The van der Waals surface area contributed by atoms with Gasteiger partial charge in [-0.1, -0.05) is 24.3 Å². The molecule has 0 aromatic heterocycles. The van der Waals surface area contributed by atoms with Crippen LogP contribution in [0.2, 0.25) is 0 Å². The molecule has 0 aliphatic carbocycles. The smallest absolute Gasteiger partial charge is 0.246 e. The second kappa shape index (κ2) is 4.43. The van der Waals surface area contributed by atoms with Gasteiger partial charge in [0.25, 0.3) is 0 Å². The lowest BCUT2D eigenvalue weighted by Gasteiger charge is -2.35. The van der Waals surface area contributed by atoms with Crippen molar-refractivity contribution in [1.29, 1.82) is 0 Å². The van der Waals surface area contributed by atoms with E-state index in [1.165, 1.54) is 11.9 Å². The van der Waals surface area contributed by atoms with Crippen molar-refractivity contribution in [3.8, 4) is 0 Å². The number of carbonyl (C=O) groups excluding carboxylic acids is 2. The van der Waals surface area contributed by atoms with Crippen LogP contribution in [0.4, 0.5) is 0 Å². The van der Waals surface area contributed by atoms with Crippen LogP contribution in [0.5, 0.6) is 0 Å². The maximum Gasteiger partial charge on any atom is 0.246 e. The Morgan fingerprint density at radius 2 is 2.00 bits per heavy atom. The van der Waals surface area contributed by atoms with Gasteiger partial charge >= 0.3 is 0 Å². The minimum absolute atomic E-state index is 0.146. The van der Waals surface area contributed by atoms with Crippen LogP contribution in [0.25, 0.3) is 0 Å². The van der Waals surface area contributed by atoms with Gasteiger partial charge in [0.15, 0.2) is 0 Å². The lowest BCUT2D eigenvalue weighted by Crippen LogP contribution is -2.52. The van der Waals surface area contributed by atoms with E-state index in [-0.39, 0.29) is 11.8 Å². The largest absolute Gasteiger partial charge is 0.374 e. The molecule has 0 spiro atoms. The van der Waals surface area contributed by atoms with Gasteiger partial charge in [-0.15, -0.1) is 0 Å². The number of piperidine rings is 1. The number of nitrogens with zero attached hydrogens (tertiary/aromatic N) is 2. The number of aliphatic hydroxyl groups is 1. The molecule has 5 nitrogen and oxygen atoms in total. The minimum Gasteiger partial charge on any atom is -0.374 e. The van der Waals surface area contributed by atoms with Crippen LogP contribution in [-0.4, -0.2) is 39.8 Å². The molecule has 5 heteroatoms. The summed E-state index contributed by atoms with van der Waals surface area (Å²) in [4.78, 5) is 26.6. The summed E-state index contributed by atoms with van der Waals surface area (Å²) in [6, 6.07) is 7.23. The fraction of sp³-hybridized carbons (Fsp3) is 0.429. The lowest BCUT2D eigenvalue weighted by molar-refractivity contribution is -0.155. The Labute approximate surface area is 111 Å². The van der Waals surface area contributed by atoms with Gasteiger partial charge in [-0.2, -0.15) is 0 Å². The van der Waals surface area contributed by atoms with E-state index in [2.05, 4.69) is 0 Å². The fourth-order valence-electron chi connectivity index (χ4n) is 2.88. The number of hydrogen-bond acceptors (Lipinski definition) is 4. The van der Waals surface area contributed by atoms with E-state index >= 15 is 0 Å². The Morgan fingerprint density at radius 1 is 1.26 bits per heavy atom. The second-order valence-corrected chi connectivity index (χ2v) is 5.09. The minimum atomic E-state index is -0.758. The molecule has 2 amide bonds. The zero-order valence-corrected chi connectivity index (χ0v) is 10.7. The van der Waals surface area contributed by atoms with Gasteiger partial charge in [0.1, 0.15) is 6.23 Å². The lowest BCUT2D eigenvalue weighted by atomic mass is 10.0. The highest BCUT2D eigenvalue weighted by Gasteiger charge is 2.41. The van der Waals surface area contributed by atoms with E-state index in [0.29, 0.717) is 19.4 Å². The van der Waals surface area contributed by atoms with Gasteiger partial charge in [0.05, 0.1) is 6.04 Å². The van der Waals surface area contributed by atoms with Crippen molar-refractivity contribution < 1.29 is 14.7 Å². The molecule has 2 heterocycles. The first-order valence-corrected chi connectivity index (χ1v) is 6.41. The second-order valence-electron chi connectivity index (χ2n) is 5.09. The number of aliphatic hydroxyl groups excluding tert-OH is 1. The molecule has 100 valence electrons. The van der Waals surface area contributed by atoms with Crippen LogP contribution >= 0.6 is 0 Å². The summed E-state index contributed by atoms with van der Waals surface area (Å²) >= 11 is 0. The fourth-order valence-corrected chi connectivity index (χ4v) is 2.88. The SMILES string of the molecule is CN1C(=O)CCC(N2Cc3ccccc3C2O)C1=O. The molecule has 1 N–H and O–H groups in total. The van der Waals surface area contributed by atoms with Gasteiger partial charge < -0.3 is 5.11 Å². The Bertz CT molecular complexity index is 543. The van der Waals surface area contributed by atoms with Crippen LogP contribution in [0.15, 0.2) is 24.3 Å². The molecule has 1 aromatic carbocycles. The summed E-state index contributed by atoms with van der Waals surface area (Å²) in [5.74, 6) is -0.365. The van der Waals surface area contributed by atoms with Crippen molar-refractivity contribution >= 4 is 11.8 Å². The summed E-state index contributed by atoms with van der Waals surface area (Å²) in [5, 5.41) is 10.3. The van der Waals surface area contributed by atoms with E-state index < -0.39 is 12.3 Å². The highest BCUT2D eigenvalue weighted by molar-refractivity contribution is 6.00. The van der Waals surface area contributed by atoms with Crippen LogP contribution in [-0.2, 0) is 16.1 Å². The molecule has 2 unspecified atom stereocenters. The molecule has 1 saturated heterocycles. The third-order valence-electron chi connectivity index (χ3n) is 4.02. The third-order valence-corrected chi connectivity index (χ3v) is 4.02. The van der Waals surface area contributed by atoms with E-state index in [9.17, 15) is 14.7 Å². The van der Waals surface area contributed by atoms with Gasteiger partial charge in [-0.3, -0.25) is 19.4 Å². The Hall–Kier alpha value is -1.72. The zero-order chi connectivity index (χ0) is 13.6. The molecule has 3 rings (SSSR count). The maximum absolute atomic E-state index is 12.2. The first-order valence-electron chi connectivity index (χ1n) is 6.41. The van der Waals surface area contributed by atoms with Gasteiger partial charge in [0, 0.05) is 20.0 Å². The first kappa shape index (κ1) is 12.3. The monoisotopic (exact) mass is 260 g/mol. The molecule has 0 saturated carbocycles. The molecular weight excluding hydrogens is 244 g/mol. The third kappa shape index (κ3) is 1.86. The number of carbonyl (C=O) groups is 2. The van der Waals surface area contributed by atoms with Crippen molar-refractivity contribution in [2.45, 2.75) is 31.7 Å². The number of imide groups is 1. The average Bonchev–Trinajstić information content (AvgIpc) is 2.74. The molecule has 19 heavy (non-hydrogen) atoms. The van der Waals surface area contributed by atoms with Crippen molar-refractivity contribution in [3.05, 3.63) is 35.4 Å². The summed E-state index contributed by atoms with van der Waals surface area (Å²) in [7, 11) is 1.51. The molecule has 2 aliphatic rings. The van der Waals surface area contributed by atoms with Crippen LogP contribution in [0.3, 0.4) is 0 Å². The van der Waals surface area contributed by atoms with Gasteiger partial charge in [-0.05, 0) is 17.5 Å². The Kier molecular flexibility index (Phi) is 2.88. The predicted octanol–water partition coefficient (Wildman–Crippen LogP) is 0.640. The van der Waals surface area contributed by atoms with Gasteiger partial charge in [0.2, 0.25) is 11.8 Å². The molecule has 0 radical (unpaired) electrons. The summed E-state index contributed by atoms with van der Waals surface area (Å²) in [5.41, 5.74) is 1.90. The van der Waals surface area contributed by atoms with E-state index in [4.69, 9.17) is 0 Å². The molecule has 2 aliphatic heterocycles. The molecule has 1 aromatic rings. The number of likely N-dealkylation sites (tertiary alicyclic amines) is 1. The number of likely N-dealkylation sites (N-methyl/N-ethyl adjacent to an activating group) is 1. The number of amides is 2. The zero-order valence-electron chi connectivity index (χ0n) is 10.7.